The third-order valence-corrected chi connectivity index (χ3v) is 1.36. The summed E-state index contributed by atoms with van der Waals surface area (Å²) in [7, 11) is 0. The molecule has 0 radical (unpaired) electrons. The number of nitrogens with zero attached hydrogens (tertiary/aromatic N) is 2. The Balaban J connectivity index is 2.66. The van der Waals surface area contributed by atoms with Crippen molar-refractivity contribution in [1.82, 2.24) is 10.1 Å². The van der Waals surface area contributed by atoms with Crippen molar-refractivity contribution < 1.29 is 4.52 Å². The first-order valence-corrected chi connectivity index (χ1v) is 3.76. The van der Waals surface area contributed by atoms with Crippen LogP contribution >= 0.6 is 0 Å². The summed E-state index contributed by atoms with van der Waals surface area (Å²) in [6, 6.07) is 0. The molecule has 0 saturated heterocycles. The van der Waals surface area contributed by atoms with Gasteiger partial charge < -0.3 is 10.3 Å². The summed E-state index contributed by atoms with van der Waals surface area (Å²) >= 11 is 0. The van der Waals surface area contributed by atoms with Gasteiger partial charge in [-0.2, -0.15) is 4.98 Å². The zero-order valence-electron chi connectivity index (χ0n) is 6.87. The average Bonchev–Trinajstić information content (AvgIpc) is 2.37. The summed E-state index contributed by atoms with van der Waals surface area (Å²) in [5.41, 5.74) is 5.32. The standard InChI is InChI=1S/C7H13N3O/c1-5(2)7-9-6(3-4-8)11-10-7/h5H,3-4,8H2,1-2H3. The minimum atomic E-state index is 0.324. The van der Waals surface area contributed by atoms with Crippen molar-refractivity contribution in [2.24, 2.45) is 5.73 Å². The first-order chi connectivity index (χ1) is 5.24. The highest BCUT2D eigenvalue weighted by atomic mass is 16.5. The summed E-state index contributed by atoms with van der Waals surface area (Å²) in [6.07, 6.45) is 0.666. The van der Waals surface area contributed by atoms with Crippen LogP contribution in [0.4, 0.5) is 0 Å². The van der Waals surface area contributed by atoms with Crippen LogP contribution in [0.5, 0.6) is 0 Å². The Labute approximate surface area is 65.8 Å². The second-order valence-electron chi connectivity index (χ2n) is 2.74. The summed E-state index contributed by atoms with van der Waals surface area (Å²) in [6.45, 7) is 4.61. The van der Waals surface area contributed by atoms with Gasteiger partial charge in [-0.15, -0.1) is 0 Å². The number of nitrogens with two attached hydrogens (primary N) is 1. The van der Waals surface area contributed by atoms with Crippen molar-refractivity contribution in [2.75, 3.05) is 6.54 Å². The maximum atomic E-state index is 5.32. The lowest BCUT2D eigenvalue weighted by molar-refractivity contribution is 0.372. The predicted molar refractivity (Wildman–Crippen MR) is 41.1 cm³/mol. The SMILES string of the molecule is CC(C)c1noc(CCN)n1. The number of rotatable bonds is 3. The fraction of sp³-hybridized carbons (Fsp3) is 0.714. The molecule has 1 heterocycles. The monoisotopic (exact) mass is 155 g/mol. The van der Waals surface area contributed by atoms with E-state index < -0.39 is 0 Å². The molecule has 62 valence electrons. The second-order valence-corrected chi connectivity index (χ2v) is 2.74. The molecule has 0 unspecified atom stereocenters. The van der Waals surface area contributed by atoms with E-state index in [0.29, 0.717) is 24.8 Å². The molecular weight excluding hydrogens is 142 g/mol. The normalized spacial score (nSPS) is 10.9. The van der Waals surface area contributed by atoms with Crippen LogP contribution in [0.2, 0.25) is 0 Å². The van der Waals surface area contributed by atoms with Crippen LogP contribution in [0, 0.1) is 0 Å². The Kier molecular flexibility index (Phi) is 2.59. The number of aromatic nitrogens is 2. The lowest BCUT2D eigenvalue weighted by Gasteiger charge is -1.91. The summed E-state index contributed by atoms with van der Waals surface area (Å²) in [5.74, 6) is 1.72. The van der Waals surface area contributed by atoms with E-state index in [9.17, 15) is 0 Å². The minimum absolute atomic E-state index is 0.324. The van der Waals surface area contributed by atoms with Crippen molar-refractivity contribution in [3.8, 4) is 0 Å². The van der Waals surface area contributed by atoms with Crippen LogP contribution in [-0.2, 0) is 6.42 Å². The quantitative estimate of drug-likeness (QED) is 0.697. The van der Waals surface area contributed by atoms with E-state index in [4.69, 9.17) is 10.3 Å². The molecule has 0 aliphatic carbocycles. The van der Waals surface area contributed by atoms with E-state index in [2.05, 4.69) is 10.1 Å². The van der Waals surface area contributed by atoms with Gasteiger partial charge in [0.15, 0.2) is 5.82 Å². The molecule has 2 N–H and O–H groups in total. The zero-order valence-corrected chi connectivity index (χ0v) is 6.87. The van der Waals surface area contributed by atoms with E-state index in [-0.39, 0.29) is 0 Å². The van der Waals surface area contributed by atoms with Crippen molar-refractivity contribution in [3.05, 3.63) is 11.7 Å². The van der Waals surface area contributed by atoms with Gasteiger partial charge in [0.1, 0.15) is 0 Å². The predicted octanol–water partition coefficient (Wildman–Crippen LogP) is 0.694. The largest absolute Gasteiger partial charge is 0.339 e. The Hall–Kier alpha value is -0.900. The highest BCUT2D eigenvalue weighted by Gasteiger charge is 2.07. The van der Waals surface area contributed by atoms with Crippen LogP contribution in [0.3, 0.4) is 0 Å². The van der Waals surface area contributed by atoms with Crippen LogP contribution in [-0.4, -0.2) is 16.7 Å². The molecule has 4 heteroatoms. The Bertz CT molecular complexity index is 219. The molecule has 0 bridgehead atoms. The van der Waals surface area contributed by atoms with Gasteiger partial charge in [0.05, 0.1) is 0 Å². The molecule has 11 heavy (non-hydrogen) atoms. The minimum Gasteiger partial charge on any atom is -0.339 e. The van der Waals surface area contributed by atoms with Crippen molar-refractivity contribution in [3.63, 3.8) is 0 Å². The van der Waals surface area contributed by atoms with Gasteiger partial charge in [-0.25, -0.2) is 0 Å². The molecule has 0 fully saturated rings. The zero-order chi connectivity index (χ0) is 8.27. The molecule has 0 aliphatic heterocycles. The number of hydrogen-bond donors (Lipinski definition) is 1. The fourth-order valence-electron chi connectivity index (χ4n) is 0.728. The van der Waals surface area contributed by atoms with E-state index >= 15 is 0 Å². The topological polar surface area (TPSA) is 64.9 Å². The van der Waals surface area contributed by atoms with Crippen LogP contribution in [0.25, 0.3) is 0 Å². The molecule has 0 atom stereocenters. The molecule has 0 aromatic carbocycles. The molecule has 0 spiro atoms. The summed E-state index contributed by atoms with van der Waals surface area (Å²) < 4.78 is 4.93. The van der Waals surface area contributed by atoms with Gasteiger partial charge in [0.25, 0.3) is 0 Å². The van der Waals surface area contributed by atoms with Gasteiger partial charge in [-0.05, 0) is 0 Å². The molecule has 4 nitrogen and oxygen atoms in total. The van der Waals surface area contributed by atoms with Crippen molar-refractivity contribution in [1.29, 1.82) is 0 Å². The molecule has 1 aromatic heterocycles. The van der Waals surface area contributed by atoms with Crippen LogP contribution < -0.4 is 5.73 Å². The molecule has 0 aliphatic rings. The maximum Gasteiger partial charge on any atom is 0.227 e. The first kappa shape index (κ1) is 8.20. The molecule has 0 amide bonds. The van der Waals surface area contributed by atoms with Crippen LogP contribution in [0.15, 0.2) is 4.52 Å². The number of hydrogen-bond acceptors (Lipinski definition) is 4. The molecular formula is C7H13N3O. The smallest absolute Gasteiger partial charge is 0.227 e. The van der Waals surface area contributed by atoms with Gasteiger partial charge in [-0.3, -0.25) is 0 Å². The van der Waals surface area contributed by atoms with Crippen molar-refractivity contribution in [2.45, 2.75) is 26.2 Å². The summed E-state index contributed by atoms with van der Waals surface area (Å²) in [4.78, 5) is 4.14. The van der Waals surface area contributed by atoms with E-state index in [1.165, 1.54) is 0 Å². The lowest BCUT2D eigenvalue weighted by Crippen LogP contribution is -2.02. The molecule has 1 rings (SSSR count). The Morgan fingerprint density at radius 3 is 2.73 bits per heavy atom. The molecule has 0 saturated carbocycles. The van der Waals surface area contributed by atoms with Gasteiger partial charge in [-0.1, -0.05) is 19.0 Å². The fourth-order valence-corrected chi connectivity index (χ4v) is 0.728. The Morgan fingerprint density at radius 2 is 2.27 bits per heavy atom. The summed E-state index contributed by atoms with van der Waals surface area (Å²) in [5, 5.41) is 3.79. The third kappa shape index (κ3) is 2.01. The van der Waals surface area contributed by atoms with Gasteiger partial charge in [0, 0.05) is 18.9 Å². The lowest BCUT2D eigenvalue weighted by atomic mass is 10.2. The highest BCUT2D eigenvalue weighted by Crippen LogP contribution is 2.09. The Morgan fingerprint density at radius 1 is 1.55 bits per heavy atom. The molecule has 1 aromatic rings. The van der Waals surface area contributed by atoms with Gasteiger partial charge >= 0.3 is 0 Å². The second kappa shape index (κ2) is 3.48. The third-order valence-electron chi connectivity index (χ3n) is 1.36. The van der Waals surface area contributed by atoms with E-state index in [1.54, 1.807) is 0 Å². The van der Waals surface area contributed by atoms with Crippen molar-refractivity contribution >= 4 is 0 Å². The highest BCUT2D eigenvalue weighted by molar-refractivity contribution is 4.91. The first-order valence-electron chi connectivity index (χ1n) is 3.76. The van der Waals surface area contributed by atoms with E-state index in [1.807, 2.05) is 13.8 Å². The van der Waals surface area contributed by atoms with Gasteiger partial charge in [0.2, 0.25) is 5.89 Å². The van der Waals surface area contributed by atoms with Crippen LogP contribution in [0.1, 0.15) is 31.5 Å². The van der Waals surface area contributed by atoms with E-state index in [0.717, 1.165) is 5.82 Å². The maximum absolute atomic E-state index is 5.32. The average molecular weight is 155 g/mol.